The van der Waals surface area contributed by atoms with Crippen molar-refractivity contribution in [2.45, 2.75) is 6.04 Å². The number of likely N-dealkylation sites (N-methyl/N-ethyl adjacent to an activating group) is 1. The number of hydrogen-bond acceptors (Lipinski definition) is 4. The first-order valence-electron chi connectivity index (χ1n) is 8.82. The zero-order valence-electron chi connectivity index (χ0n) is 15.7. The van der Waals surface area contributed by atoms with Gasteiger partial charge in [0.05, 0.1) is 23.4 Å². The first-order valence-corrected chi connectivity index (χ1v) is 9.19. The number of pyridine rings is 1. The van der Waals surface area contributed by atoms with Crippen LogP contribution in [0.3, 0.4) is 0 Å². The zero-order valence-corrected chi connectivity index (χ0v) is 16.5. The lowest BCUT2D eigenvalue weighted by atomic mass is 10.1. The molecule has 0 aliphatic rings. The Morgan fingerprint density at radius 3 is 2.86 bits per heavy atom. The fourth-order valence-corrected chi connectivity index (χ4v) is 3.33. The molecule has 8 heteroatoms. The van der Waals surface area contributed by atoms with Crippen molar-refractivity contribution in [2.24, 2.45) is 7.05 Å². The maximum atomic E-state index is 11.2. The maximum absolute atomic E-state index is 11.2. The Labute approximate surface area is 168 Å². The molecule has 1 amide bonds. The Morgan fingerprint density at radius 1 is 1.39 bits per heavy atom. The highest BCUT2D eigenvalue weighted by Gasteiger charge is 2.15. The molecular formula is C20H22ClN5O2. The summed E-state index contributed by atoms with van der Waals surface area (Å²) in [6.07, 6.45) is 4.61. The average Bonchev–Trinajstić information content (AvgIpc) is 3.02. The minimum atomic E-state index is -1.04. The van der Waals surface area contributed by atoms with Gasteiger partial charge in [0.1, 0.15) is 5.15 Å². The highest BCUT2D eigenvalue weighted by Crippen LogP contribution is 2.21. The molecule has 2 N–H and O–H groups in total. The molecule has 3 rings (SSSR count). The van der Waals surface area contributed by atoms with Gasteiger partial charge >= 0.3 is 6.09 Å². The highest BCUT2D eigenvalue weighted by atomic mass is 35.5. The van der Waals surface area contributed by atoms with Gasteiger partial charge in [-0.05, 0) is 24.8 Å². The van der Waals surface area contributed by atoms with Crippen molar-refractivity contribution >= 4 is 34.7 Å². The normalized spacial score (nSPS) is 12.7. The van der Waals surface area contributed by atoms with E-state index in [9.17, 15) is 4.79 Å². The summed E-state index contributed by atoms with van der Waals surface area (Å²) in [6.45, 7) is 1.16. The molecule has 28 heavy (non-hydrogen) atoms. The van der Waals surface area contributed by atoms with Crippen molar-refractivity contribution in [3.05, 3.63) is 65.1 Å². The van der Waals surface area contributed by atoms with E-state index in [1.165, 1.54) is 0 Å². The molecule has 0 saturated heterocycles. The van der Waals surface area contributed by atoms with Gasteiger partial charge in [0.2, 0.25) is 0 Å². The van der Waals surface area contributed by atoms with Crippen LogP contribution in [-0.2, 0) is 7.05 Å². The molecule has 2 heterocycles. The highest BCUT2D eigenvalue weighted by molar-refractivity contribution is 6.30. The molecule has 0 aliphatic heterocycles. The standard InChI is InChI=1S/C20H22ClN5O2/c1-25(13-17(24-20(27)28)14-7-4-3-5-8-14)10-6-9-16-19-15(11-18(21)23-16)12-22-26(19)2/h3-9,11-12,17,24H,10,13H2,1-2H3,(H,27,28). The van der Waals surface area contributed by atoms with Crippen molar-refractivity contribution in [3.8, 4) is 0 Å². The van der Waals surface area contributed by atoms with Crippen LogP contribution in [0.15, 0.2) is 48.7 Å². The quantitative estimate of drug-likeness (QED) is 0.593. The number of carbonyl (C=O) groups is 1. The minimum Gasteiger partial charge on any atom is -0.465 e. The van der Waals surface area contributed by atoms with E-state index in [-0.39, 0.29) is 6.04 Å². The number of benzene rings is 1. The molecule has 1 aromatic carbocycles. The lowest BCUT2D eigenvalue weighted by Crippen LogP contribution is -2.35. The van der Waals surface area contributed by atoms with Gasteiger partial charge in [0.25, 0.3) is 0 Å². The topological polar surface area (TPSA) is 83.3 Å². The molecule has 2 aromatic heterocycles. The van der Waals surface area contributed by atoms with E-state index in [1.54, 1.807) is 16.9 Å². The molecule has 0 fully saturated rings. The number of nitrogens with one attached hydrogen (secondary N) is 1. The Balaban J connectivity index is 1.70. The summed E-state index contributed by atoms with van der Waals surface area (Å²) in [5.74, 6) is 0. The number of hydrogen-bond donors (Lipinski definition) is 2. The van der Waals surface area contributed by atoms with Crippen LogP contribution in [-0.4, -0.2) is 51.0 Å². The van der Waals surface area contributed by atoms with Crippen molar-refractivity contribution < 1.29 is 9.90 Å². The molecule has 1 unspecified atom stereocenters. The van der Waals surface area contributed by atoms with E-state index in [0.717, 1.165) is 22.2 Å². The van der Waals surface area contributed by atoms with Crippen molar-refractivity contribution in [1.82, 2.24) is 25.0 Å². The maximum Gasteiger partial charge on any atom is 0.405 e. The van der Waals surface area contributed by atoms with E-state index in [1.807, 2.05) is 61.5 Å². The molecule has 146 valence electrons. The second kappa shape index (κ2) is 8.86. The van der Waals surface area contributed by atoms with Gasteiger partial charge in [-0.15, -0.1) is 0 Å². The average molecular weight is 400 g/mol. The number of aromatic nitrogens is 3. The van der Waals surface area contributed by atoms with Gasteiger partial charge in [-0.2, -0.15) is 5.10 Å². The number of amides is 1. The summed E-state index contributed by atoms with van der Waals surface area (Å²) in [5, 5.41) is 17.3. The Kier molecular flexibility index (Phi) is 6.28. The van der Waals surface area contributed by atoms with Gasteiger partial charge in [-0.3, -0.25) is 4.68 Å². The van der Waals surface area contributed by atoms with Crippen LogP contribution in [0.1, 0.15) is 17.3 Å². The molecule has 0 aliphatic carbocycles. The molecule has 3 aromatic rings. The fourth-order valence-electron chi connectivity index (χ4n) is 3.12. The smallest absolute Gasteiger partial charge is 0.405 e. The largest absolute Gasteiger partial charge is 0.465 e. The van der Waals surface area contributed by atoms with E-state index < -0.39 is 6.09 Å². The van der Waals surface area contributed by atoms with Crippen LogP contribution in [0.4, 0.5) is 4.79 Å². The van der Waals surface area contributed by atoms with Gasteiger partial charge < -0.3 is 15.3 Å². The first-order chi connectivity index (χ1) is 13.4. The van der Waals surface area contributed by atoms with Gasteiger partial charge in [0, 0.05) is 25.5 Å². The Bertz CT molecular complexity index is 987. The van der Waals surface area contributed by atoms with Gasteiger partial charge in [-0.1, -0.05) is 48.0 Å². The van der Waals surface area contributed by atoms with E-state index >= 15 is 0 Å². The van der Waals surface area contributed by atoms with Crippen LogP contribution in [0.5, 0.6) is 0 Å². The SMILES string of the molecule is CN(CC=Cc1nc(Cl)cc2cnn(C)c12)CC(NC(=O)O)c1ccccc1. The van der Waals surface area contributed by atoms with Crippen LogP contribution < -0.4 is 5.32 Å². The number of halogens is 1. The van der Waals surface area contributed by atoms with Crippen molar-refractivity contribution in [3.63, 3.8) is 0 Å². The summed E-state index contributed by atoms with van der Waals surface area (Å²) in [4.78, 5) is 17.6. The second-order valence-corrected chi connectivity index (χ2v) is 6.96. The third-order valence-corrected chi connectivity index (χ3v) is 4.59. The Morgan fingerprint density at radius 2 is 2.14 bits per heavy atom. The fraction of sp³-hybridized carbons (Fsp3) is 0.250. The molecule has 0 radical (unpaired) electrons. The molecular weight excluding hydrogens is 378 g/mol. The number of carboxylic acid groups (broad SMARTS) is 1. The first kappa shape index (κ1) is 19.9. The predicted molar refractivity (Wildman–Crippen MR) is 110 cm³/mol. The summed E-state index contributed by atoms with van der Waals surface area (Å²) in [6, 6.07) is 11.0. The summed E-state index contributed by atoms with van der Waals surface area (Å²) >= 11 is 6.10. The van der Waals surface area contributed by atoms with Crippen molar-refractivity contribution in [1.29, 1.82) is 0 Å². The number of rotatable bonds is 7. The van der Waals surface area contributed by atoms with E-state index in [0.29, 0.717) is 18.2 Å². The lowest BCUT2D eigenvalue weighted by molar-refractivity contribution is 0.185. The van der Waals surface area contributed by atoms with Crippen LogP contribution in [0, 0.1) is 0 Å². The third-order valence-electron chi connectivity index (χ3n) is 4.40. The number of nitrogens with zero attached hydrogens (tertiary/aromatic N) is 4. The summed E-state index contributed by atoms with van der Waals surface area (Å²) in [7, 11) is 3.80. The number of aryl methyl sites for hydroxylation is 1. The van der Waals surface area contributed by atoms with Crippen LogP contribution in [0.2, 0.25) is 5.15 Å². The molecule has 0 bridgehead atoms. The molecule has 7 nitrogen and oxygen atoms in total. The second-order valence-electron chi connectivity index (χ2n) is 6.57. The molecule has 0 saturated carbocycles. The predicted octanol–water partition coefficient (Wildman–Crippen LogP) is 3.58. The van der Waals surface area contributed by atoms with Crippen molar-refractivity contribution in [2.75, 3.05) is 20.1 Å². The monoisotopic (exact) mass is 399 g/mol. The molecule has 0 spiro atoms. The Hall–Kier alpha value is -2.90. The van der Waals surface area contributed by atoms with Gasteiger partial charge in [-0.25, -0.2) is 9.78 Å². The van der Waals surface area contributed by atoms with E-state index in [2.05, 4.69) is 15.4 Å². The summed E-state index contributed by atoms with van der Waals surface area (Å²) < 4.78 is 1.77. The summed E-state index contributed by atoms with van der Waals surface area (Å²) in [5.41, 5.74) is 2.59. The van der Waals surface area contributed by atoms with E-state index in [4.69, 9.17) is 16.7 Å². The number of fused-ring (bicyclic) bond motifs is 1. The van der Waals surface area contributed by atoms with Gasteiger partial charge in [0.15, 0.2) is 0 Å². The lowest BCUT2D eigenvalue weighted by Gasteiger charge is -2.23. The third kappa shape index (κ3) is 4.88. The van der Waals surface area contributed by atoms with Crippen LogP contribution in [0.25, 0.3) is 17.0 Å². The zero-order chi connectivity index (χ0) is 20.1. The van der Waals surface area contributed by atoms with Crippen LogP contribution >= 0.6 is 11.6 Å². The minimum absolute atomic E-state index is 0.315. The molecule has 1 atom stereocenters.